The molecule has 0 spiro atoms. The van der Waals surface area contributed by atoms with E-state index >= 15 is 4.39 Å². The molecular weight excluding hydrogens is 822 g/mol. The highest BCUT2D eigenvalue weighted by molar-refractivity contribution is 6.74. The lowest BCUT2D eigenvalue weighted by atomic mass is 9.93. The number of pyridine rings is 1. The molecule has 13 nitrogen and oxygen atoms in total. The maximum atomic E-state index is 15.7. The molecule has 0 aliphatic heterocycles. The summed E-state index contributed by atoms with van der Waals surface area (Å²) >= 11 is 0. The van der Waals surface area contributed by atoms with Crippen molar-refractivity contribution >= 4 is 54.4 Å². The fraction of sp³-hybridized carbons (Fsp3) is 0.500. The Morgan fingerprint density at radius 1 is 0.905 bits per heavy atom. The summed E-state index contributed by atoms with van der Waals surface area (Å²) in [5, 5.41) is 14.3. The number of nitrogens with one attached hydrogen (secondary N) is 1. The Hall–Kier alpha value is -5.25. The van der Waals surface area contributed by atoms with Crippen LogP contribution in [-0.2, 0) is 25.2 Å². The number of rotatable bonds is 14. The van der Waals surface area contributed by atoms with Crippen LogP contribution in [0.2, 0.25) is 18.1 Å². The number of imide groups is 1. The molecule has 344 valence electrons. The number of halogens is 1. The summed E-state index contributed by atoms with van der Waals surface area (Å²) in [6.07, 6.45) is -0.943. The van der Waals surface area contributed by atoms with Crippen molar-refractivity contribution < 1.29 is 42.5 Å². The van der Waals surface area contributed by atoms with Gasteiger partial charge >= 0.3 is 12.2 Å². The van der Waals surface area contributed by atoms with Gasteiger partial charge in [0, 0.05) is 60.7 Å². The van der Waals surface area contributed by atoms with E-state index in [4.69, 9.17) is 24.4 Å². The molecule has 0 saturated heterocycles. The summed E-state index contributed by atoms with van der Waals surface area (Å²) in [5.74, 6) is -1.13. The third-order valence-corrected chi connectivity index (χ3v) is 15.3. The van der Waals surface area contributed by atoms with Crippen molar-refractivity contribution in [3.63, 3.8) is 0 Å². The molecule has 0 saturated carbocycles. The highest BCUT2D eigenvalue weighted by atomic mass is 28.4. The van der Waals surface area contributed by atoms with Gasteiger partial charge in [0.05, 0.1) is 6.61 Å². The van der Waals surface area contributed by atoms with Crippen molar-refractivity contribution in [3.05, 3.63) is 88.9 Å². The fourth-order valence-electron chi connectivity index (χ4n) is 6.53. The molecule has 3 atom stereocenters. The normalized spacial score (nSPS) is 13.8. The number of amides is 3. The molecule has 0 aliphatic carbocycles. The van der Waals surface area contributed by atoms with Crippen molar-refractivity contribution in [1.29, 1.82) is 0 Å². The minimum absolute atomic E-state index is 0.00684. The number of hydrogen-bond donors (Lipinski definition) is 3. The highest BCUT2D eigenvalue weighted by Crippen LogP contribution is 2.38. The van der Waals surface area contributed by atoms with Gasteiger partial charge in [0.25, 0.3) is 0 Å². The highest BCUT2D eigenvalue weighted by Gasteiger charge is 2.38. The van der Waals surface area contributed by atoms with Crippen LogP contribution in [-0.4, -0.2) is 79.0 Å². The molecule has 3 aromatic carbocycles. The number of nitrogens with two attached hydrogens (primary N) is 1. The first kappa shape index (κ1) is 50.4. The van der Waals surface area contributed by atoms with Gasteiger partial charge in [0.1, 0.15) is 23.3 Å². The molecule has 0 radical (unpaired) electrons. The van der Waals surface area contributed by atoms with E-state index in [0.29, 0.717) is 27.6 Å². The summed E-state index contributed by atoms with van der Waals surface area (Å²) < 4.78 is 39.5. The van der Waals surface area contributed by atoms with E-state index in [1.165, 1.54) is 17.2 Å². The molecule has 4 aromatic rings. The van der Waals surface area contributed by atoms with E-state index in [1.807, 2.05) is 39.0 Å². The SMILES string of the molecule is Cc1cc(C(Nc2ccc3c(N(C(=O)OC(C)(C)C)C(=O)OC(C)(C)C)nccc3c2)C(=O)N(C)Cc2cc(N)cc(F)c2O[C@@H](C)CO[Si](C)(C)C(C)(C)C)ccc1[C@@H](C)CO. The van der Waals surface area contributed by atoms with Crippen LogP contribution in [0, 0.1) is 12.7 Å². The van der Waals surface area contributed by atoms with E-state index in [1.54, 1.807) is 78.9 Å². The van der Waals surface area contributed by atoms with E-state index in [2.05, 4.69) is 44.2 Å². The number of nitrogens with zero attached hydrogens (tertiary/aromatic N) is 3. The van der Waals surface area contributed by atoms with Gasteiger partial charge in [0.2, 0.25) is 5.91 Å². The van der Waals surface area contributed by atoms with Gasteiger partial charge in [-0.15, -0.1) is 0 Å². The van der Waals surface area contributed by atoms with Crippen LogP contribution in [0.15, 0.2) is 60.8 Å². The predicted octanol–water partition coefficient (Wildman–Crippen LogP) is 10.6. The van der Waals surface area contributed by atoms with E-state index in [0.717, 1.165) is 16.0 Å². The minimum atomic E-state index is -2.11. The fourth-order valence-corrected chi connectivity index (χ4v) is 7.62. The summed E-state index contributed by atoms with van der Waals surface area (Å²) in [7, 11) is -0.486. The molecule has 0 bridgehead atoms. The number of fused-ring (bicyclic) bond motifs is 1. The molecule has 3 amide bonds. The van der Waals surface area contributed by atoms with Gasteiger partial charge in [0.15, 0.2) is 25.7 Å². The second-order valence-corrected chi connectivity index (χ2v) is 24.6. The van der Waals surface area contributed by atoms with Crippen molar-refractivity contribution in [2.75, 3.05) is 36.2 Å². The number of aromatic nitrogens is 1. The number of carbonyl (C=O) groups excluding carboxylic acids is 3. The number of benzene rings is 3. The molecule has 0 fully saturated rings. The van der Waals surface area contributed by atoms with Gasteiger partial charge in [-0.05, 0) is 126 Å². The van der Waals surface area contributed by atoms with Crippen LogP contribution in [0.25, 0.3) is 10.8 Å². The zero-order valence-corrected chi connectivity index (χ0v) is 40.7. The molecule has 4 N–H and O–H groups in total. The minimum Gasteiger partial charge on any atom is -0.485 e. The summed E-state index contributed by atoms with van der Waals surface area (Å²) in [5.41, 5.74) is 7.87. The number of hydrogen-bond acceptors (Lipinski definition) is 11. The second kappa shape index (κ2) is 19.6. The Balaban J connectivity index is 1.74. The number of ether oxygens (including phenoxy) is 3. The molecular formula is C48H68FN5O8Si. The smallest absolute Gasteiger partial charge is 0.425 e. The van der Waals surface area contributed by atoms with Gasteiger partial charge < -0.3 is 39.7 Å². The number of anilines is 3. The van der Waals surface area contributed by atoms with Gasteiger partial charge in [-0.1, -0.05) is 45.9 Å². The Morgan fingerprint density at radius 3 is 2.08 bits per heavy atom. The maximum Gasteiger partial charge on any atom is 0.425 e. The monoisotopic (exact) mass is 889 g/mol. The average Bonchev–Trinajstić information content (AvgIpc) is 3.15. The van der Waals surface area contributed by atoms with E-state index in [-0.39, 0.29) is 53.9 Å². The zero-order chi connectivity index (χ0) is 47.4. The number of aliphatic hydroxyl groups excluding tert-OH is 1. The Labute approximate surface area is 373 Å². The van der Waals surface area contributed by atoms with Crippen LogP contribution in [0.5, 0.6) is 5.75 Å². The first-order chi connectivity index (χ1) is 29.0. The van der Waals surface area contributed by atoms with Crippen LogP contribution in [0.3, 0.4) is 0 Å². The largest absolute Gasteiger partial charge is 0.485 e. The zero-order valence-electron chi connectivity index (χ0n) is 39.7. The van der Waals surface area contributed by atoms with Crippen molar-refractivity contribution in [1.82, 2.24) is 9.88 Å². The third-order valence-electron chi connectivity index (χ3n) is 10.8. The number of nitrogen functional groups attached to an aromatic ring is 1. The van der Waals surface area contributed by atoms with Crippen LogP contribution in [0.1, 0.15) is 110 Å². The third kappa shape index (κ3) is 13.1. The number of carbonyl (C=O) groups is 3. The Morgan fingerprint density at radius 2 is 1.52 bits per heavy atom. The van der Waals surface area contributed by atoms with Crippen LogP contribution < -0.4 is 20.7 Å². The lowest BCUT2D eigenvalue weighted by molar-refractivity contribution is -0.131. The molecule has 63 heavy (non-hydrogen) atoms. The lowest BCUT2D eigenvalue weighted by Gasteiger charge is -2.37. The number of aryl methyl sites for hydroxylation is 1. The molecule has 0 aliphatic rings. The summed E-state index contributed by atoms with van der Waals surface area (Å²) in [6.45, 7) is 26.7. The second-order valence-electron chi connectivity index (χ2n) is 19.8. The standard InChI is InChI=1S/C48H68FN5O8Si/c1-29-22-33(16-18-37(29)30(2)27-55)40(43(56)53(13)26-34-23-35(50)25-39(49)41(34)60-31(3)28-59-63(14,15)48(10,11)12)52-36-17-19-38-32(24-36)20-21-51-42(38)54(44(57)61-46(4,5)6)45(58)62-47(7,8)9/h16-25,30-31,40,52,55H,26-28,50H2,1-15H3/t30-,31-,40?/m0/s1. The summed E-state index contributed by atoms with van der Waals surface area (Å²) in [6, 6.07) is 14.4. The topological polar surface area (TPSA) is 166 Å². The first-order valence-corrected chi connectivity index (χ1v) is 24.2. The molecule has 1 aromatic heterocycles. The predicted molar refractivity (Wildman–Crippen MR) is 250 cm³/mol. The first-order valence-electron chi connectivity index (χ1n) is 21.3. The molecule has 4 rings (SSSR count). The Bertz CT molecular complexity index is 2260. The van der Waals surface area contributed by atoms with E-state index < -0.39 is 49.7 Å². The van der Waals surface area contributed by atoms with Crippen molar-refractivity contribution in [2.45, 2.75) is 137 Å². The molecule has 15 heteroatoms. The van der Waals surface area contributed by atoms with Crippen molar-refractivity contribution in [3.8, 4) is 5.75 Å². The van der Waals surface area contributed by atoms with Gasteiger partial charge in [-0.25, -0.2) is 19.0 Å². The summed E-state index contributed by atoms with van der Waals surface area (Å²) in [4.78, 5) is 48.5. The maximum absolute atomic E-state index is 15.7. The lowest BCUT2D eigenvalue weighted by Crippen LogP contribution is -2.44. The van der Waals surface area contributed by atoms with Crippen LogP contribution in [0.4, 0.5) is 31.2 Å². The number of aliphatic hydroxyl groups is 1. The molecule has 1 heterocycles. The van der Waals surface area contributed by atoms with Gasteiger partial charge in [-0.2, -0.15) is 4.90 Å². The average molecular weight is 890 g/mol. The number of likely N-dealkylation sites (N-methyl/N-ethyl adjacent to an activating group) is 1. The molecule has 1 unspecified atom stereocenters. The van der Waals surface area contributed by atoms with Crippen molar-refractivity contribution in [2.24, 2.45) is 0 Å². The quantitative estimate of drug-likeness (QED) is 0.0815. The van der Waals surface area contributed by atoms with Gasteiger partial charge in [-0.3, -0.25) is 4.79 Å². The van der Waals surface area contributed by atoms with Crippen LogP contribution >= 0.6 is 0 Å². The Kier molecular flexibility index (Phi) is 15.7. The van der Waals surface area contributed by atoms with E-state index in [9.17, 15) is 19.5 Å².